The number of nitrogens with zero attached hydrogens (tertiary/aromatic N) is 2. The summed E-state index contributed by atoms with van der Waals surface area (Å²) < 4.78 is 39.8. The van der Waals surface area contributed by atoms with Crippen LogP contribution in [0.4, 0.5) is 5.69 Å². The first kappa shape index (κ1) is 31.5. The zero-order chi connectivity index (χ0) is 30.0. The molecule has 0 saturated heterocycles. The van der Waals surface area contributed by atoms with E-state index in [0.29, 0.717) is 24.5 Å². The van der Waals surface area contributed by atoms with Gasteiger partial charge in [0.2, 0.25) is 11.8 Å². The largest absolute Gasteiger partial charge is 0.493 e. The van der Waals surface area contributed by atoms with Gasteiger partial charge < -0.3 is 19.7 Å². The molecule has 2 amide bonds. The molecule has 0 unspecified atom stereocenters. The zero-order valence-corrected chi connectivity index (χ0v) is 25.1. The lowest BCUT2D eigenvalue weighted by atomic mass is 10.1. The molecule has 0 fully saturated rings. The Morgan fingerprint density at radius 1 is 0.927 bits per heavy atom. The molecule has 0 aliphatic rings. The van der Waals surface area contributed by atoms with Crippen LogP contribution in [-0.2, 0) is 26.0 Å². The summed E-state index contributed by atoms with van der Waals surface area (Å²) in [4.78, 5) is 28.4. The van der Waals surface area contributed by atoms with Crippen molar-refractivity contribution in [2.24, 2.45) is 0 Å². The van der Waals surface area contributed by atoms with Crippen molar-refractivity contribution in [1.82, 2.24) is 10.2 Å². The molecule has 3 aromatic carbocycles. The molecule has 0 saturated carbocycles. The molecule has 0 aromatic heterocycles. The summed E-state index contributed by atoms with van der Waals surface area (Å²) in [6.45, 7) is 5.65. The molecule has 9 nitrogen and oxygen atoms in total. The first-order valence-corrected chi connectivity index (χ1v) is 15.0. The van der Waals surface area contributed by atoms with Crippen molar-refractivity contribution in [3.05, 3.63) is 83.9 Å². The zero-order valence-electron chi connectivity index (χ0n) is 24.3. The number of benzene rings is 3. The molecule has 1 atom stereocenters. The molecular formula is C31H39N3O6S. The highest BCUT2D eigenvalue weighted by Gasteiger charge is 2.32. The maximum Gasteiger partial charge on any atom is 0.264 e. The van der Waals surface area contributed by atoms with Crippen LogP contribution in [0.1, 0.15) is 31.4 Å². The predicted octanol–water partition coefficient (Wildman–Crippen LogP) is 4.19. The fourth-order valence-electron chi connectivity index (χ4n) is 4.31. The average Bonchev–Trinajstić information content (AvgIpc) is 2.98. The summed E-state index contributed by atoms with van der Waals surface area (Å²) in [5.74, 6) is -0.0753. The minimum atomic E-state index is -4.18. The van der Waals surface area contributed by atoms with Gasteiger partial charge >= 0.3 is 0 Å². The van der Waals surface area contributed by atoms with Crippen molar-refractivity contribution < 1.29 is 27.5 Å². The Morgan fingerprint density at radius 3 is 2.20 bits per heavy atom. The van der Waals surface area contributed by atoms with E-state index in [2.05, 4.69) is 5.32 Å². The number of nitrogens with one attached hydrogen (secondary N) is 1. The number of sulfonamides is 1. The summed E-state index contributed by atoms with van der Waals surface area (Å²) in [6, 6.07) is 19.9. The second-order valence-corrected chi connectivity index (χ2v) is 11.5. The van der Waals surface area contributed by atoms with Crippen LogP contribution in [0.3, 0.4) is 0 Å². The van der Waals surface area contributed by atoms with E-state index in [1.165, 1.54) is 37.3 Å². The summed E-state index contributed by atoms with van der Waals surface area (Å²) in [6.07, 6.45) is 1.25. The molecule has 220 valence electrons. The fraction of sp³-hybridized carbons (Fsp3) is 0.355. The van der Waals surface area contributed by atoms with Gasteiger partial charge in [0, 0.05) is 19.2 Å². The molecule has 0 aliphatic carbocycles. The van der Waals surface area contributed by atoms with Crippen molar-refractivity contribution in [2.75, 3.05) is 38.2 Å². The van der Waals surface area contributed by atoms with Gasteiger partial charge in [-0.25, -0.2) is 8.42 Å². The van der Waals surface area contributed by atoms with Crippen LogP contribution in [0, 0.1) is 6.92 Å². The Morgan fingerprint density at radius 2 is 1.59 bits per heavy atom. The topological polar surface area (TPSA) is 105 Å². The highest BCUT2D eigenvalue weighted by molar-refractivity contribution is 7.92. The highest BCUT2D eigenvalue weighted by Crippen LogP contribution is 2.34. The maximum atomic E-state index is 14.0. The summed E-state index contributed by atoms with van der Waals surface area (Å²) in [5.41, 5.74) is 2.12. The van der Waals surface area contributed by atoms with E-state index >= 15 is 0 Å². The first-order chi connectivity index (χ1) is 19.6. The summed E-state index contributed by atoms with van der Waals surface area (Å²) in [7, 11) is -1.25. The number of aryl methyl sites for hydroxylation is 1. The molecule has 0 radical (unpaired) electrons. The molecule has 3 rings (SSSR count). The number of hydrogen-bond acceptors (Lipinski definition) is 6. The Kier molecular flexibility index (Phi) is 11.2. The summed E-state index contributed by atoms with van der Waals surface area (Å²) in [5, 5.41) is 2.84. The third kappa shape index (κ3) is 8.00. The number of amides is 2. The van der Waals surface area contributed by atoms with Gasteiger partial charge in [-0.2, -0.15) is 0 Å². The second kappa shape index (κ2) is 14.5. The van der Waals surface area contributed by atoms with Crippen molar-refractivity contribution in [2.45, 2.75) is 44.6 Å². The van der Waals surface area contributed by atoms with Gasteiger partial charge in [0.25, 0.3) is 10.0 Å². The molecule has 41 heavy (non-hydrogen) atoms. The minimum absolute atomic E-state index is 0.0373. The average molecular weight is 582 g/mol. The SMILES string of the molecule is CCCNC(=O)[C@@H](C)N(CCc1ccccc1)C(=O)CN(c1ccc(OC)c(OC)c1)S(=O)(=O)c1ccc(C)cc1. The number of carbonyl (C=O) groups excluding carboxylic acids is 2. The molecule has 10 heteroatoms. The quantitative estimate of drug-likeness (QED) is 0.306. The first-order valence-electron chi connectivity index (χ1n) is 13.5. The molecule has 3 aromatic rings. The van der Waals surface area contributed by atoms with Gasteiger partial charge in [0.1, 0.15) is 12.6 Å². The smallest absolute Gasteiger partial charge is 0.264 e. The molecular weight excluding hydrogens is 542 g/mol. The monoisotopic (exact) mass is 581 g/mol. The Bertz CT molecular complexity index is 1410. The van der Waals surface area contributed by atoms with E-state index < -0.39 is 28.5 Å². The summed E-state index contributed by atoms with van der Waals surface area (Å²) >= 11 is 0. The number of hydrogen-bond donors (Lipinski definition) is 1. The van der Waals surface area contributed by atoms with Crippen LogP contribution in [0.15, 0.2) is 77.7 Å². The van der Waals surface area contributed by atoms with Gasteiger partial charge in [-0.3, -0.25) is 13.9 Å². The van der Waals surface area contributed by atoms with Crippen molar-refractivity contribution >= 4 is 27.5 Å². The van der Waals surface area contributed by atoms with E-state index in [0.717, 1.165) is 21.9 Å². The minimum Gasteiger partial charge on any atom is -0.493 e. The van der Waals surface area contributed by atoms with Crippen LogP contribution in [-0.4, -0.2) is 65.0 Å². The Balaban J connectivity index is 2.03. The van der Waals surface area contributed by atoms with Crippen molar-refractivity contribution in [3.63, 3.8) is 0 Å². The molecule has 0 spiro atoms. The van der Waals surface area contributed by atoms with Gasteiger partial charge in [0.05, 0.1) is 24.8 Å². The van der Waals surface area contributed by atoms with Crippen LogP contribution in [0.5, 0.6) is 11.5 Å². The van der Waals surface area contributed by atoms with Gasteiger partial charge in [-0.15, -0.1) is 0 Å². The molecule has 0 bridgehead atoms. The van der Waals surface area contributed by atoms with Gasteiger partial charge in [-0.1, -0.05) is 55.0 Å². The third-order valence-electron chi connectivity index (χ3n) is 6.74. The van der Waals surface area contributed by atoms with Crippen LogP contribution in [0.25, 0.3) is 0 Å². The number of ether oxygens (including phenoxy) is 2. The van der Waals surface area contributed by atoms with Crippen LogP contribution in [0.2, 0.25) is 0 Å². The van der Waals surface area contributed by atoms with Gasteiger partial charge in [-0.05, 0) is 56.5 Å². The number of anilines is 1. The highest BCUT2D eigenvalue weighted by atomic mass is 32.2. The lowest BCUT2D eigenvalue weighted by molar-refractivity contribution is -0.138. The van der Waals surface area contributed by atoms with E-state index in [1.54, 1.807) is 31.2 Å². The normalized spacial score (nSPS) is 11.8. The van der Waals surface area contributed by atoms with E-state index in [-0.39, 0.29) is 23.0 Å². The lowest BCUT2D eigenvalue weighted by Crippen LogP contribution is -2.52. The van der Waals surface area contributed by atoms with E-state index in [9.17, 15) is 18.0 Å². The second-order valence-electron chi connectivity index (χ2n) is 9.65. The molecule has 1 N–H and O–H groups in total. The Labute approximate surface area is 243 Å². The van der Waals surface area contributed by atoms with Crippen LogP contribution < -0.4 is 19.1 Å². The molecule has 0 heterocycles. The predicted molar refractivity (Wildman–Crippen MR) is 160 cm³/mol. The Hall–Kier alpha value is -4.05. The number of methoxy groups -OCH3 is 2. The van der Waals surface area contributed by atoms with E-state index in [4.69, 9.17) is 9.47 Å². The number of carbonyl (C=O) groups is 2. The standard InChI is InChI=1S/C31H39N3O6S/c1-6-19-32-31(36)24(3)33(20-18-25-10-8-7-9-11-25)30(35)22-34(26-14-17-28(39-4)29(21-26)40-5)41(37,38)27-15-12-23(2)13-16-27/h7-17,21,24H,6,18-20,22H2,1-5H3,(H,32,36)/t24-/m1/s1. The number of rotatable bonds is 14. The molecule has 0 aliphatic heterocycles. The lowest BCUT2D eigenvalue weighted by Gasteiger charge is -2.32. The van der Waals surface area contributed by atoms with Crippen molar-refractivity contribution in [1.29, 1.82) is 0 Å². The fourth-order valence-corrected chi connectivity index (χ4v) is 5.72. The van der Waals surface area contributed by atoms with E-state index in [1.807, 2.05) is 44.2 Å². The van der Waals surface area contributed by atoms with Crippen LogP contribution >= 0.6 is 0 Å². The van der Waals surface area contributed by atoms with Crippen molar-refractivity contribution in [3.8, 4) is 11.5 Å². The third-order valence-corrected chi connectivity index (χ3v) is 8.53. The van der Waals surface area contributed by atoms with Gasteiger partial charge in [0.15, 0.2) is 11.5 Å². The maximum absolute atomic E-state index is 14.0.